The van der Waals surface area contributed by atoms with Crippen LogP contribution in [0.1, 0.15) is 233 Å². The third-order valence-corrected chi connectivity index (χ3v) is 11.6. The lowest BCUT2D eigenvalue weighted by Gasteiger charge is -2.18. The van der Waals surface area contributed by atoms with Gasteiger partial charge in [-0.25, -0.2) is 4.79 Å². The summed E-state index contributed by atoms with van der Waals surface area (Å²) in [7, 11) is 1.98. The van der Waals surface area contributed by atoms with Crippen molar-refractivity contribution >= 4 is 24.0 Å². The molecule has 1 N–H and O–H groups in total. The van der Waals surface area contributed by atoms with Crippen molar-refractivity contribution in [2.45, 2.75) is 239 Å². The summed E-state index contributed by atoms with van der Waals surface area (Å²) >= 11 is 0. The number of esters is 3. The lowest BCUT2D eigenvalue weighted by Crippen LogP contribution is -2.33. The zero-order chi connectivity index (χ0) is 49.1. The van der Waals surface area contributed by atoms with Crippen molar-refractivity contribution in [3.8, 4) is 0 Å². The van der Waals surface area contributed by atoms with Crippen LogP contribution in [0.3, 0.4) is 0 Å². The number of rotatable bonds is 47. The molecule has 0 aromatic heterocycles. The maximum Gasteiger partial charge on any atom is 0.412 e. The molecule has 0 fully saturated rings. The molecule has 0 rings (SSSR count). The lowest BCUT2D eigenvalue weighted by atomic mass is 10.1. The Bertz CT molecular complexity index is 1280. The van der Waals surface area contributed by atoms with E-state index in [9.17, 15) is 19.2 Å². The van der Waals surface area contributed by atoms with E-state index in [2.05, 4.69) is 86.5 Å². The van der Waals surface area contributed by atoms with Gasteiger partial charge in [-0.2, -0.15) is 0 Å². The van der Waals surface area contributed by atoms with Crippen molar-refractivity contribution in [3.63, 3.8) is 0 Å². The number of unbranched alkanes of at least 4 members (excludes halogenated alkanes) is 21. The summed E-state index contributed by atoms with van der Waals surface area (Å²) in [5.41, 5.74) is 0. The summed E-state index contributed by atoms with van der Waals surface area (Å²) in [6.45, 7) is 10.3. The van der Waals surface area contributed by atoms with E-state index in [1.54, 1.807) is 6.08 Å². The molecule has 0 aromatic carbocycles. The van der Waals surface area contributed by atoms with Crippen LogP contribution in [-0.2, 0) is 33.3 Å². The Morgan fingerprint density at radius 1 is 0.493 bits per heavy atom. The van der Waals surface area contributed by atoms with Gasteiger partial charge < -0.3 is 29.2 Å². The van der Waals surface area contributed by atoms with Crippen LogP contribution in [0.2, 0.25) is 0 Å². The van der Waals surface area contributed by atoms with E-state index in [4.69, 9.17) is 18.9 Å². The van der Waals surface area contributed by atoms with Crippen LogP contribution in [0, 0.1) is 0 Å². The molecule has 0 bridgehead atoms. The molecule has 0 saturated heterocycles. The number of alkyl carbamates (subject to hydrolysis) is 1. The molecule has 1 amide bonds. The highest BCUT2D eigenvalue weighted by atomic mass is 16.6. The third-order valence-electron chi connectivity index (χ3n) is 11.6. The molecule has 10 heteroatoms. The second-order valence-electron chi connectivity index (χ2n) is 18.0. The Kier molecular flexibility index (Phi) is 47.5. The van der Waals surface area contributed by atoms with E-state index >= 15 is 0 Å². The monoisotopic (exact) mass is 941 g/mol. The van der Waals surface area contributed by atoms with Crippen molar-refractivity contribution < 1.29 is 38.1 Å². The van der Waals surface area contributed by atoms with Crippen LogP contribution < -0.4 is 5.32 Å². The number of hydrogen-bond donors (Lipinski definition) is 1. The summed E-state index contributed by atoms with van der Waals surface area (Å²) < 4.78 is 22.5. The van der Waals surface area contributed by atoms with Gasteiger partial charge >= 0.3 is 24.0 Å². The first-order chi connectivity index (χ1) is 32.7. The van der Waals surface area contributed by atoms with Crippen LogP contribution in [0.5, 0.6) is 0 Å². The van der Waals surface area contributed by atoms with Crippen molar-refractivity contribution in [2.24, 2.45) is 0 Å². The normalized spacial score (nSPS) is 12.1. The Morgan fingerprint density at radius 2 is 0.896 bits per heavy atom. The predicted molar refractivity (Wildman–Crippen MR) is 279 cm³/mol. The number of amides is 1. The average Bonchev–Trinajstić information content (AvgIpc) is 3.32. The van der Waals surface area contributed by atoms with Gasteiger partial charge in [0.1, 0.15) is 19.0 Å². The molecule has 0 heterocycles. The standard InChI is InChI=1S/C57H100N2O8/c1-6-10-13-16-19-21-23-25-27-29-31-33-35-38-41-44-54(60)64-50-53(51-65-55(61)45-42-39-36-34-32-30-28-26-24-22-20-17-14-11-7-2)66-56(62)47-46-52(43-40-37-18-15-12-8-3)67-57(63)58-48-49-59(5)9-4/h19-22,25-28,46,53H,6-18,23-24,29-45,47-51H2,1-5H3,(H,58,63)/b21-19-,22-20-,27-25-,28-26-,52-46+. The van der Waals surface area contributed by atoms with Gasteiger partial charge in [-0.15, -0.1) is 0 Å². The molecule has 67 heavy (non-hydrogen) atoms. The van der Waals surface area contributed by atoms with Crippen molar-refractivity contribution in [2.75, 3.05) is 39.9 Å². The summed E-state index contributed by atoms with van der Waals surface area (Å²) in [6, 6.07) is 0. The van der Waals surface area contributed by atoms with E-state index in [-0.39, 0.29) is 44.4 Å². The van der Waals surface area contributed by atoms with E-state index in [0.29, 0.717) is 25.3 Å². The Labute approximate surface area is 410 Å². The maximum atomic E-state index is 13.2. The number of carbonyl (C=O) groups excluding carboxylic acids is 4. The van der Waals surface area contributed by atoms with Crippen molar-refractivity contribution in [1.29, 1.82) is 0 Å². The number of carbonyl (C=O) groups is 4. The smallest absolute Gasteiger partial charge is 0.412 e. The molecule has 0 aliphatic rings. The third kappa shape index (κ3) is 47.2. The molecule has 0 saturated carbocycles. The summed E-state index contributed by atoms with van der Waals surface area (Å²) in [5.74, 6) is -0.908. The van der Waals surface area contributed by atoms with Gasteiger partial charge in [-0.05, 0) is 103 Å². The van der Waals surface area contributed by atoms with E-state index in [1.807, 2.05) is 7.05 Å². The molecule has 0 unspecified atom stereocenters. The van der Waals surface area contributed by atoms with Gasteiger partial charge in [-0.3, -0.25) is 14.4 Å². The Morgan fingerprint density at radius 3 is 1.36 bits per heavy atom. The minimum atomic E-state index is -0.954. The highest BCUT2D eigenvalue weighted by molar-refractivity contribution is 5.73. The SMILES string of the molecule is CCCCC/C=C\C/C=C\CCCCCCCC(=O)OCC(COC(=O)CCCCCCC/C=C\C/C=C\CCCCC)OC(=O)C/C=C(\CCCCCCCC)OC(=O)NCCN(C)CC. The first-order valence-electron chi connectivity index (χ1n) is 27.2. The zero-order valence-corrected chi connectivity index (χ0v) is 43.6. The highest BCUT2D eigenvalue weighted by Crippen LogP contribution is 2.16. The van der Waals surface area contributed by atoms with Crippen LogP contribution in [0.25, 0.3) is 0 Å². The number of likely N-dealkylation sites (N-methyl/N-ethyl adjacent to an activating group) is 1. The molecular weight excluding hydrogens is 841 g/mol. The molecule has 0 aromatic rings. The van der Waals surface area contributed by atoms with Gasteiger partial charge in [0.25, 0.3) is 0 Å². The van der Waals surface area contributed by atoms with Crippen LogP contribution in [0.4, 0.5) is 4.79 Å². The Hall–Kier alpha value is -3.66. The fraction of sp³-hybridized carbons (Fsp3) is 0.754. The molecular formula is C57H100N2O8. The van der Waals surface area contributed by atoms with Crippen molar-refractivity contribution in [1.82, 2.24) is 10.2 Å². The fourth-order valence-corrected chi connectivity index (χ4v) is 7.16. The molecule has 0 aliphatic heterocycles. The second-order valence-corrected chi connectivity index (χ2v) is 18.0. The van der Waals surface area contributed by atoms with Crippen LogP contribution >= 0.6 is 0 Å². The molecule has 386 valence electrons. The molecule has 0 aliphatic carbocycles. The van der Waals surface area contributed by atoms with Crippen LogP contribution in [0.15, 0.2) is 60.4 Å². The quantitative estimate of drug-likeness (QED) is 0.0209. The molecule has 0 spiro atoms. The minimum Gasteiger partial charge on any atom is -0.462 e. The van der Waals surface area contributed by atoms with E-state index < -0.39 is 18.2 Å². The average molecular weight is 941 g/mol. The highest BCUT2D eigenvalue weighted by Gasteiger charge is 2.20. The topological polar surface area (TPSA) is 120 Å². The van der Waals surface area contributed by atoms with E-state index in [0.717, 1.165) is 129 Å². The van der Waals surface area contributed by atoms with Gasteiger partial charge in [0.05, 0.1) is 6.42 Å². The summed E-state index contributed by atoms with van der Waals surface area (Å²) in [6.07, 6.45) is 49.6. The van der Waals surface area contributed by atoms with Gasteiger partial charge in [0.15, 0.2) is 6.10 Å². The van der Waals surface area contributed by atoms with Crippen LogP contribution in [-0.4, -0.2) is 74.9 Å². The predicted octanol–water partition coefficient (Wildman–Crippen LogP) is 15.3. The van der Waals surface area contributed by atoms with Crippen molar-refractivity contribution in [3.05, 3.63) is 60.4 Å². The second kappa shape index (κ2) is 50.2. The first-order valence-corrected chi connectivity index (χ1v) is 27.2. The fourth-order valence-electron chi connectivity index (χ4n) is 7.16. The van der Waals surface area contributed by atoms with Gasteiger partial charge in [-0.1, -0.05) is 173 Å². The summed E-state index contributed by atoms with van der Waals surface area (Å²) in [4.78, 5) is 53.4. The Balaban J connectivity index is 5.07. The van der Waals surface area contributed by atoms with Gasteiger partial charge in [0.2, 0.25) is 0 Å². The molecule has 0 atom stereocenters. The lowest BCUT2D eigenvalue weighted by molar-refractivity contribution is -0.166. The minimum absolute atomic E-state index is 0.145. The maximum absolute atomic E-state index is 13.2. The van der Waals surface area contributed by atoms with E-state index in [1.165, 1.54) is 57.8 Å². The van der Waals surface area contributed by atoms with Gasteiger partial charge in [0, 0.05) is 32.4 Å². The number of allylic oxidation sites excluding steroid dienone is 9. The number of hydrogen-bond acceptors (Lipinski definition) is 9. The molecule has 0 radical (unpaired) electrons. The number of nitrogens with zero attached hydrogens (tertiary/aromatic N) is 1. The summed E-state index contributed by atoms with van der Waals surface area (Å²) in [5, 5.41) is 2.79. The first kappa shape index (κ1) is 63.3. The number of nitrogens with one attached hydrogen (secondary N) is 1. The number of ether oxygens (including phenoxy) is 4. The molecule has 10 nitrogen and oxygen atoms in total. The zero-order valence-electron chi connectivity index (χ0n) is 43.6. The largest absolute Gasteiger partial charge is 0.462 e.